The summed E-state index contributed by atoms with van der Waals surface area (Å²) in [4.78, 5) is 8.32. The number of phenols is 1. The molecule has 4 nitrogen and oxygen atoms in total. The Morgan fingerprint density at radius 2 is 2.26 bits per heavy atom. The number of aliphatic imine (C=N–C) groups is 1. The van der Waals surface area contributed by atoms with Crippen molar-refractivity contribution in [2.75, 3.05) is 0 Å². The van der Waals surface area contributed by atoms with Crippen molar-refractivity contribution in [3.05, 3.63) is 54.6 Å². The minimum absolute atomic E-state index is 0.124. The highest BCUT2D eigenvalue weighted by Gasteiger charge is 2.05. The Balaban J connectivity index is 2.55. The van der Waals surface area contributed by atoms with Crippen LogP contribution >= 0.6 is 12.2 Å². The van der Waals surface area contributed by atoms with E-state index in [1.54, 1.807) is 29.1 Å². The van der Waals surface area contributed by atoms with Crippen LogP contribution in [0.5, 0.6) is 5.75 Å². The smallest absolute Gasteiger partial charge is 0.141 e. The highest BCUT2D eigenvalue weighted by molar-refractivity contribution is 7.71. The van der Waals surface area contributed by atoms with Gasteiger partial charge in [-0.25, -0.2) is 4.98 Å². The molecule has 1 heterocycles. The predicted octanol–water partition coefficient (Wildman–Crippen LogP) is 3.24. The molecule has 0 aliphatic rings. The first-order chi connectivity index (χ1) is 9.17. The van der Waals surface area contributed by atoms with Gasteiger partial charge in [-0.15, -0.1) is 0 Å². The second-order valence-corrected chi connectivity index (χ2v) is 4.24. The molecule has 2 rings (SSSR count). The Morgan fingerprint density at radius 3 is 2.95 bits per heavy atom. The van der Waals surface area contributed by atoms with Crippen molar-refractivity contribution in [1.82, 2.24) is 9.55 Å². The van der Waals surface area contributed by atoms with E-state index in [9.17, 15) is 5.11 Å². The van der Waals surface area contributed by atoms with Crippen LogP contribution in [-0.2, 0) is 6.54 Å². The standard InChI is InChI=1S/C14H13N3OS/c1-3-10(15-4-2)8-17-9-16-13-11(14(17)19)6-5-7-12(13)18/h3-7,9,18H,1-2,8H2. The van der Waals surface area contributed by atoms with E-state index in [2.05, 4.69) is 23.1 Å². The summed E-state index contributed by atoms with van der Waals surface area (Å²) < 4.78 is 2.38. The zero-order chi connectivity index (χ0) is 13.8. The quantitative estimate of drug-likeness (QED) is 0.686. The average molecular weight is 271 g/mol. The van der Waals surface area contributed by atoms with Crippen molar-refractivity contribution >= 4 is 28.8 Å². The highest BCUT2D eigenvalue weighted by atomic mass is 32.1. The lowest BCUT2D eigenvalue weighted by Gasteiger charge is -2.08. The van der Waals surface area contributed by atoms with Gasteiger partial charge in [0.05, 0.1) is 18.6 Å². The molecule has 96 valence electrons. The molecule has 0 aliphatic carbocycles. The van der Waals surface area contributed by atoms with Gasteiger partial charge < -0.3 is 9.67 Å². The van der Waals surface area contributed by atoms with E-state index >= 15 is 0 Å². The third kappa shape index (κ3) is 2.61. The van der Waals surface area contributed by atoms with Crippen molar-refractivity contribution in [2.24, 2.45) is 4.99 Å². The van der Waals surface area contributed by atoms with E-state index in [1.807, 2.05) is 6.07 Å². The summed E-state index contributed by atoms with van der Waals surface area (Å²) in [7, 11) is 0. The SMILES string of the molecule is C=CN=C(C=C)Cn1cnc2c(O)cccc2c1=S. The number of rotatable bonds is 4. The lowest BCUT2D eigenvalue weighted by atomic mass is 10.2. The summed E-state index contributed by atoms with van der Waals surface area (Å²) in [6.45, 7) is 7.72. The van der Waals surface area contributed by atoms with E-state index in [4.69, 9.17) is 12.2 Å². The number of fused-ring (bicyclic) bond motifs is 1. The third-order valence-corrected chi connectivity index (χ3v) is 3.11. The normalized spacial score (nSPS) is 11.5. The lowest BCUT2D eigenvalue weighted by Crippen LogP contribution is -2.09. The highest BCUT2D eigenvalue weighted by Crippen LogP contribution is 2.22. The van der Waals surface area contributed by atoms with Crippen molar-refractivity contribution in [3.63, 3.8) is 0 Å². The van der Waals surface area contributed by atoms with E-state index in [0.29, 0.717) is 16.7 Å². The first-order valence-corrected chi connectivity index (χ1v) is 6.05. The van der Waals surface area contributed by atoms with Gasteiger partial charge in [-0.05, 0) is 18.2 Å². The Bertz CT molecular complexity index is 731. The summed E-state index contributed by atoms with van der Waals surface area (Å²) in [5.74, 6) is 0.124. The molecule has 0 saturated carbocycles. The summed E-state index contributed by atoms with van der Waals surface area (Å²) >= 11 is 5.40. The molecule has 0 bridgehead atoms. The molecule has 0 amide bonds. The molecule has 0 unspecified atom stereocenters. The molecule has 1 N–H and O–H groups in total. The number of phenolic OH excluding ortho intramolecular Hbond substituents is 1. The number of benzene rings is 1. The number of allylic oxidation sites excluding steroid dienone is 1. The molecule has 0 radical (unpaired) electrons. The lowest BCUT2D eigenvalue weighted by molar-refractivity contribution is 0.480. The number of hydrogen-bond acceptors (Lipinski definition) is 4. The Kier molecular flexibility index (Phi) is 3.87. The molecule has 5 heteroatoms. The maximum atomic E-state index is 9.73. The number of aromatic hydroxyl groups is 1. The number of para-hydroxylation sites is 1. The molecule has 0 spiro atoms. The minimum Gasteiger partial charge on any atom is -0.506 e. The second-order valence-electron chi connectivity index (χ2n) is 3.86. The monoisotopic (exact) mass is 271 g/mol. The molecule has 1 aromatic heterocycles. The molecule has 0 atom stereocenters. The fourth-order valence-corrected chi connectivity index (χ4v) is 2.01. The maximum Gasteiger partial charge on any atom is 0.141 e. The van der Waals surface area contributed by atoms with Crippen molar-refractivity contribution in [2.45, 2.75) is 6.54 Å². The summed E-state index contributed by atoms with van der Waals surface area (Å²) in [5, 5.41) is 10.5. The van der Waals surface area contributed by atoms with Crippen molar-refractivity contribution in [1.29, 1.82) is 0 Å². The molecule has 2 aromatic rings. The van der Waals surface area contributed by atoms with Crippen LogP contribution in [0.15, 0.2) is 55.0 Å². The molecule has 1 aromatic carbocycles. The average Bonchev–Trinajstić information content (AvgIpc) is 2.42. The molecule has 0 aliphatic heterocycles. The molecule has 0 fully saturated rings. The zero-order valence-electron chi connectivity index (χ0n) is 10.3. The van der Waals surface area contributed by atoms with Gasteiger partial charge in [0.15, 0.2) is 0 Å². The van der Waals surface area contributed by atoms with Gasteiger partial charge in [0, 0.05) is 11.6 Å². The summed E-state index contributed by atoms with van der Waals surface area (Å²) in [6, 6.07) is 5.16. The van der Waals surface area contributed by atoms with Gasteiger partial charge in [0.1, 0.15) is 15.9 Å². The number of nitrogens with zero attached hydrogens (tertiary/aromatic N) is 3. The van der Waals surface area contributed by atoms with Crippen LogP contribution < -0.4 is 0 Å². The minimum atomic E-state index is 0.124. The van der Waals surface area contributed by atoms with Crippen LogP contribution in [0.1, 0.15) is 0 Å². The van der Waals surface area contributed by atoms with Gasteiger partial charge >= 0.3 is 0 Å². The van der Waals surface area contributed by atoms with E-state index in [1.165, 1.54) is 6.20 Å². The third-order valence-electron chi connectivity index (χ3n) is 2.66. The van der Waals surface area contributed by atoms with Gasteiger partial charge in [0.25, 0.3) is 0 Å². The van der Waals surface area contributed by atoms with Crippen molar-refractivity contribution in [3.8, 4) is 5.75 Å². The summed E-state index contributed by atoms with van der Waals surface area (Å²) in [6.07, 6.45) is 4.70. The Morgan fingerprint density at radius 1 is 1.47 bits per heavy atom. The van der Waals surface area contributed by atoms with E-state index in [0.717, 1.165) is 11.1 Å². The molecular formula is C14H13N3OS. The Hall–Kier alpha value is -2.27. The van der Waals surface area contributed by atoms with Gasteiger partial charge in [0.2, 0.25) is 0 Å². The van der Waals surface area contributed by atoms with Gasteiger partial charge in [-0.1, -0.05) is 31.4 Å². The largest absolute Gasteiger partial charge is 0.506 e. The predicted molar refractivity (Wildman–Crippen MR) is 80.1 cm³/mol. The van der Waals surface area contributed by atoms with Crippen LogP contribution in [0, 0.1) is 4.64 Å². The number of aromatic nitrogens is 2. The Labute approximate surface area is 116 Å². The number of hydrogen-bond donors (Lipinski definition) is 1. The maximum absolute atomic E-state index is 9.73. The van der Waals surface area contributed by atoms with Crippen molar-refractivity contribution < 1.29 is 5.11 Å². The van der Waals surface area contributed by atoms with Crippen LogP contribution in [-0.4, -0.2) is 20.4 Å². The first kappa shape index (κ1) is 13.2. The second kappa shape index (κ2) is 5.58. The molecule has 19 heavy (non-hydrogen) atoms. The van der Waals surface area contributed by atoms with Crippen LogP contribution in [0.4, 0.5) is 0 Å². The molecule has 0 saturated heterocycles. The van der Waals surface area contributed by atoms with Crippen LogP contribution in [0.2, 0.25) is 0 Å². The topological polar surface area (TPSA) is 50.4 Å². The molecular weight excluding hydrogens is 258 g/mol. The van der Waals surface area contributed by atoms with Crippen LogP contribution in [0.3, 0.4) is 0 Å². The van der Waals surface area contributed by atoms with Gasteiger partial charge in [-0.2, -0.15) is 0 Å². The first-order valence-electron chi connectivity index (χ1n) is 5.64. The fourth-order valence-electron chi connectivity index (χ4n) is 1.74. The summed E-state index contributed by atoms with van der Waals surface area (Å²) in [5.41, 5.74) is 1.25. The van der Waals surface area contributed by atoms with E-state index < -0.39 is 0 Å². The van der Waals surface area contributed by atoms with Gasteiger partial charge in [-0.3, -0.25) is 4.99 Å². The zero-order valence-corrected chi connectivity index (χ0v) is 11.1. The van der Waals surface area contributed by atoms with Crippen LogP contribution in [0.25, 0.3) is 10.9 Å². The van der Waals surface area contributed by atoms with E-state index in [-0.39, 0.29) is 5.75 Å². The fraction of sp³-hybridized carbons (Fsp3) is 0.0714.